The summed E-state index contributed by atoms with van der Waals surface area (Å²) in [4.78, 5) is 18.1. The molecule has 0 aliphatic rings. The number of nitrogens with zero attached hydrogens (tertiary/aromatic N) is 1. The number of aromatic amines is 1. The summed E-state index contributed by atoms with van der Waals surface area (Å²) in [5.41, 5.74) is 4.19. The number of carbonyl (C=O) groups excluding carboxylic acids is 1. The second-order valence-corrected chi connectivity index (χ2v) is 6.16. The van der Waals surface area contributed by atoms with E-state index in [2.05, 4.69) is 9.97 Å². The summed E-state index contributed by atoms with van der Waals surface area (Å²) in [6.45, 7) is -0.0921. The van der Waals surface area contributed by atoms with Gasteiger partial charge in [-0.05, 0) is 65.9 Å². The fraction of sp³-hybridized carbons (Fsp3) is 0.200. The third kappa shape index (κ3) is 4.57. The number of amides is 1. The lowest BCUT2D eigenvalue weighted by Crippen LogP contribution is -2.37. The highest BCUT2D eigenvalue weighted by Crippen LogP contribution is 2.35. The largest absolute Gasteiger partial charge is 0.471 e. The molecule has 0 saturated heterocycles. The summed E-state index contributed by atoms with van der Waals surface area (Å²) >= 11 is 0. The van der Waals surface area contributed by atoms with Crippen LogP contribution >= 0.6 is 0 Å². The number of H-pyrrole nitrogens is 1. The zero-order valence-electron chi connectivity index (χ0n) is 14.7. The minimum atomic E-state index is -4.88. The average Bonchev–Trinajstić information content (AvgIpc) is 3.09. The van der Waals surface area contributed by atoms with Gasteiger partial charge >= 0.3 is 12.1 Å². The molecule has 1 amide bonds. The summed E-state index contributed by atoms with van der Waals surface area (Å²) in [5, 5.41) is 1.87. The lowest BCUT2D eigenvalue weighted by molar-refractivity contribution is -0.173. The Morgan fingerprint density at radius 2 is 1.71 bits per heavy atom. The van der Waals surface area contributed by atoms with E-state index >= 15 is 0 Å². The normalized spacial score (nSPS) is 11.4. The predicted molar refractivity (Wildman–Crippen MR) is 96.8 cm³/mol. The highest BCUT2D eigenvalue weighted by Gasteiger charge is 2.38. The van der Waals surface area contributed by atoms with Gasteiger partial charge in [-0.1, -0.05) is 0 Å². The molecule has 0 atom stereocenters. The fourth-order valence-electron chi connectivity index (χ4n) is 2.93. The van der Waals surface area contributed by atoms with Crippen molar-refractivity contribution in [1.29, 1.82) is 0 Å². The summed E-state index contributed by atoms with van der Waals surface area (Å²) in [5.74, 6) is -2.29. The van der Waals surface area contributed by atoms with Crippen molar-refractivity contribution in [2.45, 2.75) is 19.0 Å². The van der Waals surface area contributed by atoms with Crippen LogP contribution in [0.4, 0.5) is 17.6 Å². The second kappa shape index (κ2) is 8.24. The molecule has 3 aromatic rings. The van der Waals surface area contributed by atoms with E-state index in [0.29, 0.717) is 12.8 Å². The van der Waals surface area contributed by atoms with Crippen LogP contribution < -0.4 is 5.32 Å². The molecule has 28 heavy (non-hydrogen) atoms. The first-order valence-electron chi connectivity index (χ1n) is 8.58. The van der Waals surface area contributed by atoms with Gasteiger partial charge in [0.15, 0.2) is 0 Å². The molecule has 0 fully saturated rings. The second-order valence-electron chi connectivity index (χ2n) is 6.16. The average molecular weight is 391 g/mol. The smallest absolute Gasteiger partial charge is 0.360 e. The molecule has 0 spiro atoms. The summed E-state index contributed by atoms with van der Waals surface area (Å²) in [7, 11) is 0. The van der Waals surface area contributed by atoms with Crippen LogP contribution in [0.25, 0.3) is 22.4 Å². The molecule has 0 aliphatic carbocycles. The maximum absolute atomic E-state index is 13.3. The van der Waals surface area contributed by atoms with Crippen molar-refractivity contribution in [3.63, 3.8) is 0 Å². The van der Waals surface area contributed by atoms with Crippen molar-refractivity contribution >= 4 is 5.91 Å². The van der Waals surface area contributed by atoms with Gasteiger partial charge in [0.1, 0.15) is 5.82 Å². The molecular weight excluding hydrogens is 374 g/mol. The number of carbonyl (C=O) groups is 1. The Morgan fingerprint density at radius 1 is 1.04 bits per heavy atom. The van der Waals surface area contributed by atoms with Crippen LogP contribution in [0.15, 0.2) is 55.0 Å². The van der Waals surface area contributed by atoms with Crippen molar-refractivity contribution in [3.05, 3.63) is 66.4 Å². The predicted octanol–water partition coefficient (Wildman–Crippen LogP) is 4.49. The number of pyridine rings is 1. The van der Waals surface area contributed by atoms with E-state index in [1.165, 1.54) is 12.1 Å². The zero-order chi connectivity index (χ0) is 20.1. The number of halogens is 4. The molecule has 3 rings (SSSR count). The van der Waals surface area contributed by atoms with Crippen molar-refractivity contribution < 1.29 is 22.4 Å². The van der Waals surface area contributed by atoms with Crippen LogP contribution in [-0.4, -0.2) is 28.6 Å². The lowest BCUT2D eigenvalue weighted by atomic mass is 9.96. The number of aryl methyl sites for hydroxylation is 1. The van der Waals surface area contributed by atoms with Crippen LogP contribution in [-0.2, 0) is 11.2 Å². The lowest BCUT2D eigenvalue weighted by Gasteiger charge is -2.10. The molecule has 0 radical (unpaired) electrons. The van der Waals surface area contributed by atoms with Crippen LogP contribution in [0.1, 0.15) is 12.0 Å². The molecule has 2 N–H and O–H groups in total. The highest BCUT2D eigenvalue weighted by atomic mass is 19.4. The van der Waals surface area contributed by atoms with E-state index in [4.69, 9.17) is 0 Å². The third-order valence-corrected chi connectivity index (χ3v) is 4.23. The Kier molecular flexibility index (Phi) is 5.77. The Bertz CT molecular complexity index is 934. The fourth-order valence-corrected chi connectivity index (χ4v) is 2.93. The van der Waals surface area contributed by atoms with Crippen LogP contribution in [0.5, 0.6) is 0 Å². The van der Waals surface area contributed by atoms with Gasteiger partial charge < -0.3 is 10.3 Å². The van der Waals surface area contributed by atoms with Gasteiger partial charge in [-0.3, -0.25) is 9.78 Å². The quantitative estimate of drug-likeness (QED) is 0.480. The number of rotatable bonds is 6. The Hall–Kier alpha value is -3.16. The van der Waals surface area contributed by atoms with Gasteiger partial charge in [0, 0.05) is 30.7 Å². The van der Waals surface area contributed by atoms with E-state index in [9.17, 15) is 22.4 Å². The van der Waals surface area contributed by atoms with E-state index in [1.54, 1.807) is 30.7 Å². The number of benzene rings is 1. The van der Waals surface area contributed by atoms with Crippen LogP contribution in [0.2, 0.25) is 0 Å². The topological polar surface area (TPSA) is 57.8 Å². The number of alkyl halides is 3. The minimum Gasteiger partial charge on any atom is -0.360 e. The molecule has 146 valence electrons. The van der Waals surface area contributed by atoms with Gasteiger partial charge in [0.05, 0.1) is 5.69 Å². The highest BCUT2D eigenvalue weighted by molar-refractivity contribution is 5.84. The van der Waals surface area contributed by atoms with Gasteiger partial charge in [-0.25, -0.2) is 4.39 Å². The molecule has 2 aromatic heterocycles. The summed E-state index contributed by atoms with van der Waals surface area (Å²) in [6, 6.07) is 9.67. The van der Waals surface area contributed by atoms with Crippen LogP contribution in [0, 0.1) is 5.82 Å². The first-order chi connectivity index (χ1) is 13.4. The van der Waals surface area contributed by atoms with Crippen LogP contribution in [0.3, 0.4) is 0 Å². The van der Waals surface area contributed by atoms with Gasteiger partial charge in [0.2, 0.25) is 0 Å². The number of aromatic nitrogens is 2. The molecule has 4 nitrogen and oxygen atoms in total. The minimum absolute atomic E-state index is 0.0921. The number of hydrogen-bond acceptors (Lipinski definition) is 2. The standard InChI is InChI=1S/C20H17F4N3O/c21-16-5-3-14(4-6-16)18-17(13-7-10-25-11-8-13)15(12-27-18)2-1-9-26-19(28)20(22,23)24/h3-8,10-12,27H,1-2,9H2,(H,26,28). The number of hydrogen-bond donors (Lipinski definition) is 2. The van der Waals surface area contributed by atoms with Gasteiger partial charge in [-0.2, -0.15) is 13.2 Å². The molecule has 2 heterocycles. The van der Waals surface area contributed by atoms with E-state index in [1.807, 2.05) is 17.4 Å². The van der Waals surface area contributed by atoms with Gasteiger partial charge in [0.25, 0.3) is 0 Å². The molecule has 0 bridgehead atoms. The van der Waals surface area contributed by atoms with E-state index < -0.39 is 12.1 Å². The Balaban J connectivity index is 1.82. The van der Waals surface area contributed by atoms with Crippen molar-refractivity contribution in [3.8, 4) is 22.4 Å². The maximum Gasteiger partial charge on any atom is 0.471 e. The first kappa shape index (κ1) is 19.6. The summed E-state index contributed by atoms with van der Waals surface area (Å²) < 4.78 is 50.0. The third-order valence-electron chi connectivity index (χ3n) is 4.23. The molecule has 0 saturated carbocycles. The molecule has 0 aliphatic heterocycles. The van der Waals surface area contributed by atoms with Gasteiger partial charge in [-0.15, -0.1) is 0 Å². The first-order valence-corrected chi connectivity index (χ1v) is 8.58. The molecular formula is C20H17F4N3O. The van der Waals surface area contributed by atoms with E-state index in [0.717, 1.165) is 27.9 Å². The summed E-state index contributed by atoms with van der Waals surface area (Å²) in [6.07, 6.45) is 0.967. The van der Waals surface area contributed by atoms with E-state index in [-0.39, 0.29) is 12.4 Å². The SMILES string of the molecule is O=C(NCCCc1c[nH]c(-c2ccc(F)cc2)c1-c1ccncc1)C(F)(F)F. The Labute approximate surface area is 158 Å². The molecule has 8 heteroatoms. The number of nitrogens with one attached hydrogen (secondary N) is 2. The maximum atomic E-state index is 13.3. The monoisotopic (exact) mass is 391 g/mol. The molecule has 1 aromatic carbocycles. The zero-order valence-corrected chi connectivity index (χ0v) is 14.7. The molecule has 0 unspecified atom stereocenters. The van der Waals surface area contributed by atoms with Crippen molar-refractivity contribution in [2.75, 3.05) is 6.54 Å². The Morgan fingerprint density at radius 3 is 2.36 bits per heavy atom. The van der Waals surface area contributed by atoms with Crippen molar-refractivity contribution in [1.82, 2.24) is 15.3 Å². The van der Waals surface area contributed by atoms with Crippen molar-refractivity contribution in [2.24, 2.45) is 0 Å².